The Bertz CT molecular complexity index is 1230. The zero-order valence-electron chi connectivity index (χ0n) is 18.3. The van der Waals surface area contributed by atoms with Gasteiger partial charge in [-0.15, -0.1) is 11.3 Å². The van der Waals surface area contributed by atoms with E-state index in [1.807, 2.05) is 11.9 Å². The molecule has 2 N–H and O–H groups in total. The van der Waals surface area contributed by atoms with E-state index in [9.17, 15) is 31.1 Å². The number of amides is 2. The molecule has 1 aromatic carbocycles. The van der Waals surface area contributed by atoms with Gasteiger partial charge >= 0.3 is 24.4 Å². The number of carboxylic acids is 1. The summed E-state index contributed by atoms with van der Waals surface area (Å²) in [5.74, 6) is -2.37. The van der Waals surface area contributed by atoms with Gasteiger partial charge in [-0.1, -0.05) is 12.1 Å². The maximum absolute atomic E-state index is 13.1. The summed E-state index contributed by atoms with van der Waals surface area (Å²) >= 11 is 1.29. The first-order valence-electron chi connectivity index (χ1n) is 9.95. The largest absolute Gasteiger partial charge is 0.490 e. The van der Waals surface area contributed by atoms with E-state index in [2.05, 4.69) is 15.3 Å². The number of carbonyl (C=O) groups excluding carboxylic acids is 1. The van der Waals surface area contributed by atoms with E-state index in [4.69, 9.17) is 9.90 Å². The highest BCUT2D eigenvalue weighted by Gasteiger charge is 2.38. The van der Waals surface area contributed by atoms with E-state index < -0.39 is 23.9 Å². The molecule has 3 aromatic rings. The van der Waals surface area contributed by atoms with Crippen LogP contribution in [-0.2, 0) is 11.0 Å². The second-order valence-corrected chi connectivity index (χ2v) is 8.16. The number of hydrogen-bond donors (Lipinski definition) is 2. The summed E-state index contributed by atoms with van der Waals surface area (Å²) in [6.45, 7) is 0.989. The molecular formula is C21H17F6N5O3S. The molecule has 0 spiro atoms. The highest BCUT2D eigenvalue weighted by molar-refractivity contribution is 7.13. The number of anilines is 3. The van der Waals surface area contributed by atoms with Crippen LogP contribution in [0.3, 0.4) is 0 Å². The van der Waals surface area contributed by atoms with E-state index in [1.54, 1.807) is 29.8 Å². The first-order chi connectivity index (χ1) is 16.8. The Morgan fingerprint density at radius 1 is 1.08 bits per heavy atom. The standard InChI is InChI=1S/C19H16F3N5OS.C2HF3O2/c1-26-8-9-27(18(28)25-17-23-7-10-29-17)16-15(26)6-5-14(24-16)12-3-2-4-13(11-12)19(20,21)22;3-2(4,5)1(6)7/h2-7,10-11H,8-9H2,1H3,(H,23,25,28);(H,6,7). The van der Waals surface area contributed by atoms with Gasteiger partial charge in [-0.05, 0) is 24.3 Å². The quantitative estimate of drug-likeness (QED) is 0.432. The summed E-state index contributed by atoms with van der Waals surface area (Å²) in [7, 11) is 1.88. The molecule has 0 unspecified atom stereocenters. The molecule has 15 heteroatoms. The number of alkyl halides is 6. The normalized spacial score (nSPS) is 13.4. The van der Waals surface area contributed by atoms with Crippen LogP contribution in [-0.4, -0.2) is 53.4 Å². The van der Waals surface area contributed by atoms with Crippen LogP contribution in [0.5, 0.6) is 0 Å². The summed E-state index contributed by atoms with van der Waals surface area (Å²) in [6, 6.07) is 8.02. The molecule has 0 fully saturated rings. The lowest BCUT2D eigenvalue weighted by Gasteiger charge is -2.34. The van der Waals surface area contributed by atoms with Crippen molar-refractivity contribution < 1.29 is 41.0 Å². The fourth-order valence-electron chi connectivity index (χ4n) is 3.07. The van der Waals surface area contributed by atoms with Crippen molar-refractivity contribution in [2.75, 3.05) is 35.3 Å². The monoisotopic (exact) mass is 533 g/mol. The molecule has 4 rings (SSSR count). The number of carbonyl (C=O) groups is 2. The Morgan fingerprint density at radius 2 is 1.78 bits per heavy atom. The van der Waals surface area contributed by atoms with Crippen LogP contribution in [0.2, 0.25) is 0 Å². The Labute approximate surface area is 203 Å². The maximum Gasteiger partial charge on any atom is 0.490 e. The molecule has 0 saturated heterocycles. The number of carboxylic acid groups (broad SMARTS) is 1. The average Bonchev–Trinajstić information content (AvgIpc) is 3.31. The van der Waals surface area contributed by atoms with Gasteiger partial charge in [0.25, 0.3) is 0 Å². The average molecular weight is 533 g/mol. The van der Waals surface area contributed by atoms with Gasteiger partial charge in [0.2, 0.25) is 0 Å². The Morgan fingerprint density at radius 3 is 2.36 bits per heavy atom. The van der Waals surface area contributed by atoms with Crippen molar-refractivity contribution in [3.8, 4) is 11.3 Å². The molecule has 3 heterocycles. The molecule has 0 bridgehead atoms. The number of urea groups is 1. The maximum atomic E-state index is 13.1. The van der Waals surface area contributed by atoms with Gasteiger partial charge < -0.3 is 10.0 Å². The lowest BCUT2D eigenvalue weighted by atomic mass is 10.1. The third-order valence-corrected chi connectivity index (χ3v) is 5.49. The van der Waals surface area contributed by atoms with Crippen molar-refractivity contribution in [1.29, 1.82) is 0 Å². The number of pyridine rings is 1. The van der Waals surface area contributed by atoms with Crippen molar-refractivity contribution in [2.24, 2.45) is 0 Å². The van der Waals surface area contributed by atoms with Crippen LogP contribution in [0.25, 0.3) is 11.3 Å². The number of aliphatic carboxylic acids is 1. The lowest BCUT2D eigenvalue weighted by Crippen LogP contribution is -2.45. The molecular weight excluding hydrogens is 516 g/mol. The molecule has 1 aliphatic rings. The molecule has 36 heavy (non-hydrogen) atoms. The van der Waals surface area contributed by atoms with Crippen LogP contribution in [0.1, 0.15) is 5.56 Å². The second kappa shape index (κ2) is 10.4. The second-order valence-electron chi connectivity index (χ2n) is 7.26. The molecule has 0 atom stereocenters. The zero-order valence-corrected chi connectivity index (χ0v) is 19.1. The van der Waals surface area contributed by atoms with Crippen molar-refractivity contribution in [3.05, 3.63) is 53.5 Å². The van der Waals surface area contributed by atoms with Crippen LogP contribution < -0.4 is 15.1 Å². The van der Waals surface area contributed by atoms with Crippen LogP contribution in [0, 0.1) is 0 Å². The summed E-state index contributed by atoms with van der Waals surface area (Å²) in [4.78, 5) is 33.6. The van der Waals surface area contributed by atoms with Crippen LogP contribution in [0.15, 0.2) is 48.0 Å². The molecule has 1 aliphatic heterocycles. The minimum absolute atomic E-state index is 0.330. The molecule has 0 radical (unpaired) electrons. The predicted molar refractivity (Wildman–Crippen MR) is 120 cm³/mol. The van der Waals surface area contributed by atoms with E-state index in [0.717, 1.165) is 17.8 Å². The number of nitrogens with zero attached hydrogens (tertiary/aromatic N) is 4. The third kappa shape index (κ3) is 6.41. The number of aromatic nitrogens is 2. The van der Waals surface area contributed by atoms with Crippen molar-refractivity contribution in [1.82, 2.24) is 9.97 Å². The van der Waals surface area contributed by atoms with Crippen molar-refractivity contribution in [3.63, 3.8) is 0 Å². The summed E-state index contributed by atoms with van der Waals surface area (Å²) in [5, 5.41) is 12.1. The number of hydrogen-bond acceptors (Lipinski definition) is 6. The number of fused-ring (bicyclic) bond motifs is 1. The fourth-order valence-corrected chi connectivity index (χ4v) is 3.59. The molecule has 8 nitrogen and oxygen atoms in total. The van der Waals surface area contributed by atoms with E-state index in [0.29, 0.717) is 35.3 Å². The Hall–Kier alpha value is -3.88. The smallest absolute Gasteiger partial charge is 0.475 e. The summed E-state index contributed by atoms with van der Waals surface area (Å²) in [6.07, 6.45) is -7.94. The molecule has 2 amide bonds. The van der Waals surface area contributed by atoms with Gasteiger partial charge in [0.1, 0.15) is 0 Å². The van der Waals surface area contributed by atoms with Gasteiger partial charge in [-0.25, -0.2) is 19.6 Å². The van der Waals surface area contributed by atoms with Crippen LogP contribution >= 0.6 is 11.3 Å². The Kier molecular flexibility index (Phi) is 7.71. The minimum Gasteiger partial charge on any atom is -0.475 e. The van der Waals surface area contributed by atoms with Gasteiger partial charge in [-0.2, -0.15) is 26.3 Å². The van der Waals surface area contributed by atoms with Crippen molar-refractivity contribution in [2.45, 2.75) is 12.4 Å². The summed E-state index contributed by atoms with van der Waals surface area (Å²) in [5.41, 5.74) is 0.666. The molecule has 192 valence electrons. The third-order valence-electron chi connectivity index (χ3n) is 4.80. The van der Waals surface area contributed by atoms with Gasteiger partial charge in [0, 0.05) is 37.3 Å². The lowest BCUT2D eigenvalue weighted by molar-refractivity contribution is -0.192. The zero-order chi connectivity index (χ0) is 26.7. The van der Waals surface area contributed by atoms with Gasteiger partial charge in [0.05, 0.1) is 16.9 Å². The van der Waals surface area contributed by atoms with Crippen LogP contribution in [0.4, 0.5) is 47.8 Å². The molecule has 0 saturated carbocycles. The number of nitrogens with one attached hydrogen (secondary N) is 1. The number of thiazole rings is 1. The minimum atomic E-state index is -5.08. The fraction of sp³-hybridized carbons (Fsp3) is 0.238. The number of benzene rings is 1. The highest BCUT2D eigenvalue weighted by Crippen LogP contribution is 2.35. The number of halogens is 6. The molecule has 0 aliphatic carbocycles. The highest BCUT2D eigenvalue weighted by atomic mass is 32.1. The first-order valence-corrected chi connectivity index (χ1v) is 10.8. The predicted octanol–water partition coefficient (Wildman–Crippen LogP) is 5.35. The van der Waals surface area contributed by atoms with E-state index >= 15 is 0 Å². The molecule has 2 aromatic heterocycles. The SMILES string of the molecule is CN1CCN(C(=O)Nc2nccs2)c2nc(-c3cccc(C(F)(F)F)c3)ccc21.O=C(O)C(F)(F)F. The number of rotatable bonds is 2. The Balaban J connectivity index is 0.000000454. The topological polar surface area (TPSA) is 98.7 Å². The summed E-state index contributed by atoms with van der Waals surface area (Å²) < 4.78 is 70.9. The van der Waals surface area contributed by atoms with E-state index in [1.165, 1.54) is 22.3 Å². The number of likely N-dealkylation sites (N-methyl/N-ethyl adjacent to an activating group) is 1. The van der Waals surface area contributed by atoms with Gasteiger partial charge in [0.15, 0.2) is 10.9 Å². The first kappa shape index (κ1) is 26.7. The van der Waals surface area contributed by atoms with E-state index in [-0.39, 0.29) is 6.03 Å². The van der Waals surface area contributed by atoms with Gasteiger partial charge in [-0.3, -0.25) is 10.2 Å². The van der Waals surface area contributed by atoms with Crippen molar-refractivity contribution >= 4 is 40.0 Å².